The van der Waals surface area contributed by atoms with Crippen LogP contribution < -0.4 is 10.2 Å². The lowest BCUT2D eigenvalue weighted by Crippen LogP contribution is -2.15. The van der Waals surface area contributed by atoms with E-state index in [-0.39, 0.29) is 6.42 Å². The first-order valence-electron chi connectivity index (χ1n) is 6.78. The summed E-state index contributed by atoms with van der Waals surface area (Å²) < 4.78 is 0. The first kappa shape index (κ1) is 15.5. The molecule has 4 nitrogen and oxygen atoms in total. The first-order valence-corrected chi connectivity index (χ1v) is 6.78. The van der Waals surface area contributed by atoms with Gasteiger partial charge in [0.05, 0.1) is 0 Å². The van der Waals surface area contributed by atoms with Crippen molar-refractivity contribution in [1.82, 2.24) is 5.32 Å². The molecule has 1 aromatic carbocycles. The van der Waals surface area contributed by atoms with E-state index in [9.17, 15) is 4.79 Å². The molecule has 106 valence electrons. The fourth-order valence-electron chi connectivity index (χ4n) is 1.85. The number of carboxylic acids is 1. The van der Waals surface area contributed by atoms with Gasteiger partial charge in [-0.05, 0) is 37.1 Å². The molecule has 19 heavy (non-hydrogen) atoms. The van der Waals surface area contributed by atoms with Crippen molar-refractivity contribution in [2.75, 3.05) is 25.5 Å². The molecule has 0 saturated carbocycles. The van der Waals surface area contributed by atoms with Gasteiger partial charge < -0.3 is 15.3 Å². The van der Waals surface area contributed by atoms with Gasteiger partial charge in [-0.15, -0.1) is 0 Å². The van der Waals surface area contributed by atoms with Crippen molar-refractivity contribution in [2.45, 2.75) is 32.2 Å². The van der Waals surface area contributed by atoms with Crippen LogP contribution in [0.25, 0.3) is 0 Å². The lowest BCUT2D eigenvalue weighted by Gasteiger charge is -2.12. The molecule has 0 atom stereocenters. The van der Waals surface area contributed by atoms with Crippen LogP contribution in [0.3, 0.4) is 0 Å². The molecule has 1 aromatic rings. The second-order valence-corrected chi connectivity index (χ2v) is 4.94. The van der Waals surface area contributed by atoms with E-state index in [1.54, 1.807) is 0 Å². The standard InChI is InChI=1S/C15H24N2O2/c1-17(2)14-9-7-13(8-10-14)12-16-11-5-3-4-6-15(18)19/h7-10,16H,3-6,11-12H2,1-2H3,(H,18,19). The Kier molecular flexibility index (Phi) is 6.97. The molecule has 0 fully saturated rings. The van der Waals surface area contributed by atoms with Gasteiger partial charge in [0.15, 0.2) is 0 Å². The first-order chi connectivity index (χ1) is 9.09. The van der Waals surface area contributed by atoms with Gasteiger partial charge >= 0.3 is 5.97 Å². The van der Waals surface area contributed by atoms with E-state index in [0.717, 1.165) is 32.4 Å². The summed E-state index contributed by atoms with van der Waals surface area (Å²) in [5.41, 5.74) is 2.48. The van der Waals surface area contributed by atoms with Crippen LogP contribution in [0.2, 0.25) is 0 Å². The predicted octanol–water partition coefficient (Wildman–Crippen LogP) is 2.49. The number of carbonyl (C=O) groups is 1. The molecule has 0 aliphatic carbocycles. The Hall–Kier alpha value is -1.55. The van der Waals surface area contributed by atoms with E-state index in [4.69, 9.17) is 5.11 Å². The van der Waals surface area contributed by atoms with Gasteiger partial charge in [0.1, 0.15) is 0 Å². The van der Waals surface area contributed by atoms with E-state index < -0.39 is 5.97 Å². The van der Waals surface area contributed by atoms with Crippen LogP contribution in [0, 0.1) is 0 Å². The molecule has 2 N–H and O–H groups in total. The van der Waals surface area contributed by atoms with E-state index >= 15 is 0 Å². The predicted molar refractivity (Wildman–Crippen MR) is 78.6 cm³/mol. The lowest BCUT2D eigenvalue weighted by molar-refractivity contribution is -0.137. The summed E-state index contributed by atoms with van der Waals surface area (Å²) in [6.07, 6.45) is 3.06. The molecular formula is C15H24N2O2. The molecule has 0 aliphatic rings. The van der Waals surface area contributed by atoms with E-state index in [1.165, 1.54) is 11.3 Å². The number of hydrogen-bond donors (Lipinski definition) is 2. The monoisotopic (exact) mass is 264 g/mol. The minimum absolute atomic E-state index is 0.284. The molecule has 0 heterocycles. The Morgan fingerprint density at radius 1 is 1.16 bits per heavy atom. The van der Waals surface area contributed by atoms with Crippen molar-refractivity contribution in [3.05, 3.63) is 29.8 Å². The minimum atomic E-state index is -0.700. The van der Waals surface area contributed by atoms with Crippen molar-refractivity contribution in [2.24, 2.45) is 0 Å². The summed E-state index contributed by atoms with van der Waals surface area (Å²) in [6, 6.07) is 8.49. The van der Waals surface area contributed by atoms with Crippen LogP contribution in [0.5, 0.6) is 0 Å². The molecule has 0 saturated heterocycles. The quantitative estimate of drug-likeness (QED) is 0.673. The van der Waals surface area contributed by atoms with Crippen molar-refractivity contribution in [3.63, 3.8) is 0 Å². The SMILES string of the molecule is CN(C)c1ccc(CNCCCCCC(=O)O)cc1. The molecule has 0 radical (unpaired) electrons. The van der Waals surface area contributed by atoms with Gasteiger partial charge in [0.2, 0.25) is 0 Å². The number of aliphatic carboxylic acids is 1. The zero-order valence-corrected chi connectivity index (χ0v) is 11.9. The maximum atomic E-state index is 10.3. The largest absolute Gasteiger partial charge is 0.481 e. The van der Waals surface area contributed by atoms with Gasteiger partial charge in [-0.3, -0.25) is 4.79 Å². The van der Waals surface area contributed by atoms with Gasteiger partial charge in [0, 0.05) is 32.7 Å². The zero-order chi connectivity index (χ0) is 14.1. The molecule has 0 aliphatic heterocycles. The zero-order valence-electron chi connectivity index (χ0n) is 11.9. The number of benzene rings is 1. The molecule has 4 heteroatoms. The highest BCUT2D eigenvalue weighted by Crippen LogP contribution is 2.11. The summed E-state index contributed by atoms with van der Waals surface area (Å²) in [5.74, 6) is -0.700. The number of anilines is 1. The maximum Gasteiger partial charge on any atom is 0.303 e. The molecule has 1 rings (SSSR count). The number of unbranched alkanes of at least 4 members (excludes halogenated alkanes) is 2. The smallest absolute Gasteiger partial charge is 0.303 e. The minimum Gasteiger partial charge on any atom is -0.481 e. The van der Waals surface area contributed by atoms with Crippen molar-refractivity contribution in [3.8, 4) is 0 Å². The molecule has 0 spiro atoms. The number of nitrogens with zero attached hydrogens (tertiary/aromatic N) is 1. The van der Waals surface area contributed by atoms with Gasteiger partial charge in [-0.2, -0.15) is 0 Å². The third-order valence-corrected chi connectivity index (χ3v) is 3.03. The van der Waals surface area contributed by atoms with E-state index in [2.05, 4.69) is 34.5 Å². The van der Waals surface area contributed by atoms with Crippen LogP contribution >= 0.6 is 0 Å². The molecule has 0 unspecified atom stereocenters. The topological polar surface area (TPSA) is 52.6 Å². The summed E-state index contributed by atoms with van der Waals surface area (Å²) >= 11 is 0. The van der Waals surface area contributed by atoms with Crippen LogP contribution in [-0.4, -0.2) is 31.7 Å². The summed E-state index contributed by atoms with van der Waals surface area (Å²) in [7, 11) is 4.06. The van der Waals surface area contributed by atoms with Crippen LogP contribution in [0.4, 0.5) is 5.69 Å². The number of nitrogens with one attached hydrogen (secondary N) is 1. The van der Waals surface area contributed by atoms with E-state index in [0.29, 0.717) is 0 Å². The Morgan fingerprint density at radius 2 is 1.84 bits per heavy atom. The van der Waals surface area contributed by atoms with Gasteiger partial charge in [-0.1, -0.05) is 18.6 Å². The highest BCUT2D eigenvalue weighted by molar-refractivity contribution is 5.66. The second-order valence-electron chi connectivity index (χ2n) is 4.94. The summed E-state index contributed by atoms with van der Waals surface area (Å²) in [4.78, 5) is 12.4. The number of hydrogen-bond acceptors (Lipinski definition) is 3. The van der Waals surface area contributed by atoms with Crippen molar-refractivity contribution < 1.29 is 9.90 Å². The highest BCUT2D eigenvalue weighted by Gasteiger charge is 1.98. The van der Waals surface area contributed by atoms with E-state index in [1.807, 2.05) is 14.1 Å². The number of rotatable bonds is 9. The van der Waals surface area contributed by atoms with Crippen LogP contribution in [0.15, 0.2) is 24.3 Å². The lowest BCUT2D eigenvalue weighted by atomic mass is 10.2. The summed E-state index contributed by atoms with van der Waals surface area (Å²) in [6.45, 7) is 1.81. The van der Waals surface area contributed by atoms with Crippen molar-refractivity contribution in [1.29, 1.82) is 0 Å². The average molecular weight is 264 g/mol. The normalized spacial score (nSPS) is 10.4. The molecular weight excluding hydrogens is 240 g/mol. The maximum absolute atomic E-state index is 10.3. The summed E-state index contributed by atoms with van der Waals surface area (Å²) in [5, 5.41) is 11.9. The van der Waals surface area contributed by atoms with Crippen LogP contribution in [-0.2, 0) is 11.3 Å². The Morgan fingerprint density at radius 3 is 2.42 bits per heavy atom. The Bertz CT molecular complexity index is 374. The van der Waals surface area contributed by atoms with Gasteiger partial charge in [-0.25, -0.2) is 0 Å². The third kappa shape index (κ3) is 6.82. The highest BCUT2D eigenvalue weighted by atomic mass is 16.4. The fraction of sp³-hybridized carbons (Fsp3) is 0.533. The number of carboxylic acid groups (broad SMARTS) is 1. The molecule has 0 amide bonds. The Labute approximate surface area is 115 Å². The fourth-order valence-corrected chi connectivity index (χ4v) is 1.85. The molecule has 0 bridgehead atoms. The Balaban J connectivity index is 2.10. The molecule has 0 aromatic heterocycles. The third-order valence-electron chi connectivity index (χ3n) is 3.03. The second kappa shape index (κ2) is 8.53. The average Bonchev–Trinajstić information content (AvgIpc) is 2.38. The van der Waals surface area contributed by atoms with Crippen molar-refractivity contribution >= 4 is 11.7 Å². The van der Waals surface area contributed by atoms with Crippen LogP contribution in [0.1, 0.15) is 31.2 Å². The van der Waals surface area contributed by atoms with Gasteiger partial charge in [0.25, 0.3) is 0 Å².